The van der Waals surface area contributed by atoms with Gasteiger partial charge in [-0.2, -0.15) is 0 Å². The number of nitro benzene ring substituents is 1. The van der Waals surface area contributed by atoms with Crippen molar-refractivity contribution in [2.75, 3.05) is 13.1 Å². The number of hydrogen-bond acceptors (Lipinski definition) is 5. The number of likely N-dealkylation sites (tertiary alicyclic amines) is 1. The molecule has 0 N–H and O–H groups in total. The molecule has 0 aliphatic carbocycles. The SMILES string of the molecule is O=C(OCc1ccccc1)N1CC2C(C1)N2C(=O)c1ccc([N+](=O)[O-])cc1. The number of nitro groups is 1. The summed E-state index contributed by atoms with van der Waals surface area (Å²) in [5.74, 6) is -0.169. The van der Waals surface area contributed by atoms with Crippen molar-refractivity contribution in [2.24, 2.45) is 0 Å². The summed E-state index contributed by atoms with van der Waals surface area (Å²) in [6.07, 6.45) is -0.381. The van der Waals surface area contributed by atoms with Gasteiger partial charge in [-0.25, -0.2) is 4.79 Å². The molecule has 2 aliphatic rings. The summed E-state index contributed by atoms with van der Waals surface area (Å²) < 4.78 is 5.32. The maximum atomic E-state index is 12.5. The quantitative estimate of drug-likeness (QED) is 0.470. The van der Waals surface area contributed by atoms with E-state index in [0.717, 1.165) is 5.56 Å². The van der Waals surface area contributed by atoms with Crippen molar-refractivity contribution in [1.82, 2.24) is 9.80 Å². The van der Waals surface area contributed by atoms with Crippen LogP contribution in [0.1, 0.15) is 15.9 Å². The Bertz CT molecular complexity index is 872. The average molecular weight is 367 g/mol. The van der Waals surface area contributed by atoms with Gasteiger partial charge in [-0.3, -0.25) is 14.9 Å². The van der Waals surface area contributed by atoms with Gasteiger partial charge in [-0.15, -0.1) is 0 Å². The lowest BCUT2D eigenvalue weighted by molar-refractivity contribution is -0.384. The van der Waals surface area contributed by atoms with Crippen molar-refractivity contribution >= 4 is 17.7 Å². The number of non-ortho nitro benzene ring substituents is 1. The van der Waals surface area contributed by atoms with Crippen LogP contribution in [0.5, 0.6) is 0 Å². The molecule has 8 nitrogen and oxygen atoms in total. The van der Waals surface area contributed by atoms with Gasteiger partial charge in [-0.05, 0) is 17.7 Å². The van der Waals surface area contributed by atoms with Crippen LogP contribution < -0.4 is 0 Å². The first-order chi connectivity index (χ1) is 13.0. The average Bonchev–Trinajstić information content (AvgIpc) is 3.19. The Morgan fingerprint density at radius 1 is 1.04 bits per heavy atom. The van der Waals surface area contributed by atoms with E-state index in [1.54, 1.807) is 9.80 Å². The van der Waals surface area contributed by atoms with E-state index >= 15 is 0 Å². The summed E-state index contributed by atoms with van der Waals surface area (Å²) in [7, 11) is 0. The number of carbonyl (C=O) groups excluding carboxylic acids is 2. The van der Waals surface area contributed by atoms with Crippen molar-refractivity contribution in [2.45, 2.75) is 18.7 Å². The minimum absolute atomic E-state index is 0.0167. The molecule has 2 amide bonds. The van der Waals surface area contributed by atoms with E-state index in [9.17, 15) is 19.7 Å². The summed E-state index contributed by atoms with van der Waals surface area (Å²) in [4.78, 5) is 38.2. The normalized spacial score (nSPS) is 20.1. The minimum atomic E-state index is -0.501. The molecule has 0 bridgehead atoms. The van der Waals surface area contributed by atoms with E-state index in [4.69, 9.17) is 4.74 Å². The lowest BCUT2D eigenvalue weighted by Crippen LogP contribution is -2.36. The Morgan fingerprint density at radius 3 is 2.26 bits per heavy atom. The lowest BCUT2D eigenvalue weighted by atomic mass is 10.2. The molecule has 2 aromatic rings. The maximum Gasteiger partial charge on any atom is 0.410 e. The number of hydrogen-bond donors (Lipinski definition) is 0. The highest BCUT2D eigenvalue weighted by atomic mass is 16.6. The zero-order valence-electron chi connectivity index (χ0n) is 14.4. The van der Waals surface area contributed by atoms with E-state index in [0.29, 0.717) is 18.7 Å². The first-order valence-electron chi connectivity index (χ1n) is 8.57. The van der Waals surface area contributed by atoms with Crippen LogP contribution in [-0.2, 0) is 11.3 Å². The van der Waals surface area contributed by atoms with Gasteiger partial charge in [0.05, 0.1) is 17.0 Å². The number of ether oxygens (including phenoxy) is 1. The molecular weight excluding hydrogens is 350 g/mol. The van der Waals surface area contributed by atoms with Gasteiger partial charge in [0.2, 0.25) is 0 Å². The van der Waals surface area contributed by atoms with Crippen molar-refractivity contribution in [3.63, 3.8) is 0 Å². The summed E-state index contributed by atoms with van der Waals surface area (Å²) in [6.45, 7) is 1.10. The number of nitrogens with zero attached hydrogens (tertiary/aromatic N) is 3. The number of fused-ring (bicyclic) bond motifs is 1. The molecule has 2 atom stereocenters. The maximum absolute atomic E-state index is 12.5. The van der Waals surface area contributed by atoms with E-state index in [1.165, 1.54) is 24.3 Å². The lowest BCUT2D eigenvalue weighted by Gasteiger charge is -2.20. The summed E-state index contributed by atoms with van der Waals surface area (Å²) in [5, 5.41) is 10.7. The number of carbonyl (C=O) groups is 2. The van der Waals surface area contributed by atoms with Crippen LogP contribution in [0, 0.1) is 10.1 Å². The standard InChI is InChI=1S/C19H17N3O5/c23-18(14-6-8-15(9-7-14)22(25)26)21-16-10-20(11-17(16)21)19(24)27-12-13-4-2-1-3-5-13/h1-9,16-17H,10-12H2. The second kappa shape index (κ2) is 6.71. The smallest absolute Gasteiger partial charge is 0.410 e. The number of rotatable bonds is 4. The monoisotopic (exact) mass is 367 g/mol. The number of benzene rings is 2. The fourth-order valence-corrected chi connectivity index (χ4v) is 3.42. The van der Waals surface area contributed by atoms with Gasteiger partial charge < -0.3 is 14.5 Å². The highest BCUT2D eigenvalue weighted by Gasteiger charge is 2.57. The first kappa shape index (κ1) is 17.0. The van der Waals surface area contributed by atoms with Crippen molar-refractivity contribution in [3.8, 4) is 0 Å². The summed E-state index contributed by atoms with van der Waals surface area (Å²) in [6, 6.07) is 15.0. The third-order valence-corrected chi connectivity index (χ3v) is 4.91. The predicted octanol–water partition coefficient (Wildman–Crippen LogP) is 2.44. The van der Waals surface area contributed by atoms with Gasteiger partial charge >= 0.3 is 6.09 Å². The van der Waals surface area contributed by atoms with Gasteiger partial charge in [0.1, 0.15) is 6.61 Å². The van der Waals surface area contributed by atoms with Gasteiger partial charge in [0.25, 0.3) is 11.6 Å². The molecule has 8 heteroatoms. The molecule has 2 fully saturated rings. The number of piperazine rings is 1. The fraction of sp³-hybridized carbons (Fsp3) is 0.263. The van der Waals surface area contributed by atoms with Crippen LogP contribution in [0.25, 0.3) is 0 Å². The highest BCUT2D eigenvalue weighted by Crippen LogP contribution is 2.37. The van der Waals surface area contributed by atoms with Gasteiger partial charge in [0, 0.05) is 30.8 Å². The highest BCUT2D eigenvalue weighted by molar-refractivity contribution is 5.97. The molecule has 2 aromatic carbocycles. The topological polar surface area (TPSA) is 92.8 Å². The van der Waals surface area contributed by atoms with Crippen LogP contribution in [0.3, 0.4) is 0 Å². The molecule has 2 aliphatic heterocycles. The first-order valence-corrected chi connectivity index (χ1v) is 8.57. The van der Waals surface area contributed by atoms with Gasteiger partial charge in [0.15, 0.2) is 0 Å². The molecule has 4 rings (SSSR count). The van der Waals surface area contributed by atoms with Crippen molar-refractivity contribution in [3.05, 3.63) is 75.8 Å². The Balaban J connectivity index is 1.29. The minimum Gasteiger partial charge on any atom is -0.445 e. The molecule has 2 unspecified atom stereocenters. The van der Waals surface area contributed by atoms with Crippen LogP contribution in [0.15, 0.2) is 54.6 Å². The molecule has 0 aromatic heterocycles. The molecule has 2 saturated heterocycles. The largest absolute Gasteiger partial charge is 0.445 e. The summed E-state index contributed by atoms with van der Waals surface area (Å²) >= 11 is 0. The van der Waals surface area contributed by atoms with E-state index < -0.39 is 4.92 Å². The second-order valence-electron chi connectivity index (χ2n) is 6.60. The van der Waals surface area contributed by atoms with Crippen molar-refractivity contribution < 1.29 is 19.2 Å². The van der Waals surface area contributed by atoms with E-state index in [2.05, 4.69) is 0 Å². The Kier molecular flexibility index (Phi) is 4.23. The predicted molar refractivity (Wildman–Crippen MR) is 95.0 cm³/mol. The molecular formula is C19H17N3O5. The fourth-order valence-electron chi connectivity index (χ4n) is 3.42. The van der Waals surface area contributed by atoms with Crippen molar-refractivity contribution in [1.29, 1.82) is 0 Å². The third-order valence-electron chi connectivity index (χ3n) is 4.91. The third kappa shape index (κ3) is 3.33. The van der Waals surface area contributed by atoms with Gasteiger partial charge in [-0.1, -0.05) is 30.3 Å². The zero-order valence-corrected chi connectivity index (χ0v) is 14.4. The van der Waals surface area contributed by atoms with Crippen LogP contribution in [-0.4, -0.2) is 51.9 Å². The zero-order chi connectivity index (χ0) is 19.0. The Morgan fingerprint density at radius 2 is 1.67 bits per heavy atom. The molecule has 0 saturated carbocycles. The molecule has 27 heavy (non-hydrogen) atoms. The van der Waals surface area contributed by atoms with E-state index in [1.807, 2.05) is 30.3 Å². The van der Waals surface area contributed by atoms with E-state index in [-0.39, 0.29) is 36.4 Å². The second-order valence-corrected chi connectivity index (χ2v) is 6.60. The molecule has 0 radical (unpaired) electrons. The summed E-state index contributed by atoms with van der Waals surface area (Å²) in [5.41, 5.74) is 1.28. The van der Waals surface area contributed by atoms with Crippen LogP contribution >= 0.6 is 0 Å². The Hall–Kier alpha value is -3.42. The Labute approximate surface area is 155 Å². The molecule has 2 heterocycles. The molecule has 0 spiro atoms. The van der Waals surface area contributed by atoms with Crippen LogP contribution in [0.2, 0.25) is 0 Å². The van der Waals surface area contributed by atoms with Crippen LogP contribution in [0.4, 0.5) is 10.5 Å². The molecule has 138 valence electrons. The number of amides is 2.